The van der Waals surface area contributed by atoms with Crippen molar-refractivity contribution in [1.82, 2.24) is 4.98 Å². The molecule has 0 radical (unpaired) electrons. The second-order valence-corrected chi connectivity index (χ2v) is 7.41. The van der Waals surface area contributed by atoms with Gasteiger partial charge < -0.3 is 4.74 Å². The SMILES string of the molecule is CC(C)=CC1C(C(=O)OCCCCCc2cccnc2)C1(C)C. The zero-order chi connectivity index (χ0) is 16.9. The van der Waals surface area contributed by atoms with Crippen LogP contribution < -0.4 is 0 Å². The Morgan fingerprint density at radius 2 is 2.09 bits per heavy atom. The van der Waals surface area contributed by atoms with E-state index in [1.54, 1.807) is 6.20 Å². The fourth-order valence-electron chi connectivity index (χ4n) is 3.21. The molecule has 0 saturated heterocycles. The number of hydrogen-bond acceptors (Lipinski definition) is 3. The van der Waals surface area contributed by atoms with Crippen molar-refractivity contribution in [2.24, 2.45) is 17.3 Å². The molecule has 1 fully saturated rings. The zero-order valence-corrected chi connectivity index (χ0v) is 14.8. The van der Waals surface area contributed by atoms with E-state index in [2.05, 4.69) is 44.8 Å². The summed E-state index contributed by atoms with van der Waals surface area (Å²) >= 11 is 0. The van der Waals surface area contributed by atoms with Crippen molar-refractivity contribution >= 4 is 5.97 Å². The number of allylic oxidation sites excluding steroid dienone is 2. The van der Waals surface area contributed by atoms with Crippen LogP contribution in [0.4, 0.5) is 0 Å². The van der Waals surface area contributed by atoms with Crippen molar-refractivity contribution in [3.63, 3.8) is 0 Å². The molecular weight excluding hydrogens is 286 g/mol. The van der Waals surface area contributed by atoms with Crippen LogP contribution in [0.25, 0.3) is 0 Å². The van der Waals surface area contributed by atoms with Crippen molar-refractivity contribution in [3.8, 4) is 0 Å². The lowest BCUT2D eigenvalue weighted by atomic mass is 10.1. The molecule has 2 rings (SSSR count). The topological polar surface area (TPSA) is 39.2 Å². The number of unbranched alkanes of at least 4 members (excludes halogenated alkanes) is 2. The van der Waals surface area contributed by atoms with E-state index in [-0.39, 0.29) is 17.3 Å². The van der Waals surface area contributed by atoms with E-state index in [9.17, 15) is 4.79 Å². The standard InChI is InChI=1S/C20H29NO2/c1-15(2)13-17-18(20(17,3)4)19(22)23-12-7-5-6-9-16-10-8-11-21-14-16/h8,10-11,13-14,17-18H,5-7,9,12H2,1-4H3. The highest BCUT2D eigenvalue weighted by Crippen LogP contribution is 2.59. The molecule has 3 nitrogen and oxygen atoms in total. The normalized spacial score (nSPS) is 21.6. The molecule has 2 unspecified atom stereocenters. The van der Waals surface area contributed by atoms with Gasteiger partial charge >= 0.3 is 5.97 Å². The first-order valence-corrected chi connectivity index (χ1v) is 8.63. The van der Waals surface area contributed by atoms with Gasteiger partial charge in [0.25, 0.3) is 0 Å². The summed E-state index contributed by atoms with van der Waals surface area (Å²) in [6, 6.07) is 4.07. The third-order valence-corrected chi connectivity index (χ3v) is 4.75. The van der Waals surface area contributed by atoms with Crippen LogP contribution in [0, 0.1) is 17.3 Å². The molecule has 1 aromatic heterocycles. The number of aryl methyl sites for hydroxylation is 1. The Morgan fingerprint density at radius 3 is 2.74 bits per heavy atom. The number of nitrogens with zero attached hydrogens (tertiary/aromatic N) is 1. The summed E-state index contributed by atoms with van der Waals surface area (Å²) in [4.78, 5) is 16.3. The van der Waals surface area contributed by atoms with Gasteiger partial charge in [-0.1, -0.05) is 31.6 Å². The molecule has 1 aliphatic rings. The molecule has 126 valence electrons. The monoisotopic (exact) mass is 315 g/mol. The van der Waals surface area contributed by atoms with Gasteiger partial charge in [0.2, 0.25) is 0 Å². The van der Waals surface area contributed by atoms with Crippen LogP contribution in [0.1, 0.15) is 52.5 Å². The number of pyridine rings is 1. The van der Waals surface area contributed by atoms with Crippen LogP contribution in [0.5, 0.6) is 0 Å². The third kappa shape index (κ3) is 4.92. The van der Waals surface area contributed by atoms with Gasteiger partial charge in [-0.3, -0.25) is 9.78 Å². The highest BCUT2D eigenvalue weighted by atomic mass is 16.5. The van der Waals surface area contributed by atoms with Gasteiger partial charge in [-0.2, -0.15) is 0 Å². The van der Waals surface area contributed by atoms with E-state index < -0.39 is 0 Å². The number of carbonyl (C=O) groups excluding carboxylic acids is 1. The summed E-state index contributed by atoms with van der Waals surface area (Å²) in [6.07, 6.45) is 10.1. The van der Waals surface area contributed by atoms with E-state index in [1.807, 2.05) is 12.3 Å². The lowest BCUT2D eigenvalue weighted by Crippen LogP contribution is -2.11. The maximum atomic E-state index is 12.2. The van der Waals surface area contributed by atoms with E-state index in [4.69, 9.17) is 4.74 Å². The smallest absolute Gasteiger partial charge is 0.310 e. The second-order valence-electron chi connectivity index (χ2n) is 7.41. The van der Waals surface area contributed by atoms with Gasteiger partial charge in [0.1, 0.15) is 0 Å². The molecule has 0 aliphatic heterocycles. The largest absolute Gasteiger partial charge is 0.465 e. The summed E-state index contributed by atoms with van der Waals surface area (Å²) in [5.41, 5.74) is 2.59. The summed E-state index contributed by atoms with van der Waals surface area (Å²) in [6.45, 7) is 9.01. The highest BCUT2D eigenvalue weighted by molar-refractivity contribution is 5.78. The highest BCUT2D eigenvalue weighted by Gasteiger charge is 2.61. The maximum Gasteiger partial charge on any atom is 0.310 e. The molecule has 1 aromatic rings. The Morgan fingerprint density at radius 1 is 1.30 bits per heavy atom. The maximum absolute atomic E-state index is 12.2. The minimum Gasteiger partial charge on any atom is -0.465 e. The molecule has 1 aliphatic carbocycles. The van der Waals surface area contributed by atoms with Crippen LogP contribution in [-0.4, -0.2) is 17.6 Å². The molecule has 0 N–H and O–H groups in total. The number of hydrogen-bond donors (Lipinski definition) is 0. The molecule has 0 spiro atoms. The minimum absolute atomic E-state index is 0.0234. The molecular formula is C20H29NO2. The Balaban J connectivity index is 1.61. The molecule has 23 heavy (non-hydrogen) atoms. The predicted octanol–water partition coefficient (Wildman–Crippen LogP) is 4.58. The average Bonchev–Trinajstić information content (AvgIpc) is 3.03. The summed E-state index contributed by atoms with van der Waals surface area (Å²) < 4.78 is 5.49. The summed E-state index contributed by atoms with van der Waals surface area (Å²) in [5, 5.41) is 0. The Hall–Kier alpha value is -1.64. The van der Waals surface area contributed by atoms with E-state index in [0.29, 0.717) is 12.5 Å². The second kappa shape index (κ2) is 7.76. The number of carbonyl (C=O) groups is 1. The molecule has 0 bridgehead atoms. The van der Waals surface area contributed by atoms with Crippen molar-refractivity contribution < 1.29 is 9.53 Å². The number of rotatable bonds is 8. The van der Waals surface area contributed by atoms with Crippen molar-refractivity contribution in [1.29, 1.82) is 0 Å². The predicted molar refractivity (Wildman–Crippen MR) is 92.9 cm³/mol. The van der Waals surface area contributed by atoms with Gasteiger partial charge in [0, 0.05) is 12.4 Å². The third-order valence-electron chi connectivity index (χ3n) is 4.75. The Labute approximate surface area is 140 Å². The average molecular weight is 315 g/mol. The van der Waals surface area contributed by atoms with Crippen LogP contribution >= 0.6 is 0 Å². The van der Waals surface area contributed by atoms with Crippen molar-refractivity contribution in [3.05, 3.63) is 41.7 Å². The van der Waals surface area contributed by atoms with Crippen molar-refractivity contribution in [2.45, 2.75) is 53.4 Å². The Bertz CT molecular complexity index is 544. The number of esters is 1. The molecule has 3 heteroatoms. The quantitative estimate of drug-likeness (QED) is 0.400. The van der Waals surface area contributed by atoms with Gasteiger partial charge in [0.15, 0.2) is 0 Å². The first kappa shape index (κ1) is 17.7. The lowest BCUT2D eigenvalue weighted by molar-refractivity contribution is -0.146. The van der Waals surface area contributed by atoms with Crippen LogP contribution in [-0.2, 0) is 16.0 Å². The van der Waals surface area contributed by atoms with Gasteiger partial charge in [-0.15, -0.1) is 0 Å². The van der Waals surface area contributed by atoms with E-state index in [0.717, 1.165) is 25.7 Å². The van der Waals surface area contributed by atoms with Gasteiger partial charge in [-0.05, 0) is 62.5 Å². The molecule has 0 amide bonds. The lowest BCUT2D eigenvalue weighted by Gasteiger charge is -2.06. The minimum atomic E-state index is -0.0234. The van der Waals surface area contributed by atoms with E-state index >= 15 is 0 Å². The first-order valence-electron chi connectivity index (χ1n) is 8.63. The number of aromatic nitrogens is 1. The number of ether oxygens (including phenoxy) is 1. The van der Waals surface area contributed by atoms with Gasteiger partial charge in [0.05, 0.1) is 12.5 Å². The molecule has 0 aromatic carbocycles. The van der Waals surface area contributed by atoms with E-state index in [1.165, 1.54) is 11.1 Å². The fourth-order valence-corrected chi connectivity index (χ4v) is 3.21. The van der Waals surface area contributed by atoms with Crippen LogP contribution in [0.3, 0.4) is 0 Å². The van der Waals surface area contributed by atoms with Crippen LogP contribution in [0.2, 0.25) is 0 Å². The van der Waals surface area contributed by atoms with Crippen LogP contribution in [0.15, 0.2) is 36.2 Å². The Kier molecular flexibility index (Phi) is 5.97. The summed E-state index contributed by atoms with van der Waals surface area (Å²) in [7, 11) is 0. The summed E-state index contributed by atoms with van der Waals surface area (Å²) in [5.74, 6) is 0.350. The van der Waals surface area contributed by atoms with Gasteiger partial charge in [-0.25, -0.2) is 0 Å². The van der Waals surface area contributed by atoms with Crippen molar-refractivity contribution in [2.75, 3.05) is 6.61 Å². The molecule has 2 atom stereocenters. The molecule has 1 heterocycles. The first-order chi connectivity index (χ1) is 10.9. The zero-order valence-electron chi connectivity index (χ0n) is 14.8. The fraction of sp³-hybridized carbons (Fsp3) is 0.600. The molecule has 1 saturated carbocycles.